The molecule has 2 unspecified atom stereocenters. The van der Waals surface area contributed by atoms with Gasteiger partial charge in [0.25, 0.3) is 0 Å². The Kier molecular flexibility index (Phi) is 5.99. The molecule has 2 atom stereocenters. The molecule has 0 radical (unpaired) electrons. The summed E-state index contributed by atoms with van der Waals surface area (Å²) in [5, 5.41) is 7.57. The fourth-order valence-corrected chi connectivity index (χ4v) is 2.83. The van der Waals surface area contributed by atoms with Gasteiger partial charge in [0.2, 0.25) is 0 Å². The van der Waals surface area contributed by atoms with Crippen molar-refractivity contribution in [1.82, 2.24) is 0 Å². The van der Waals surface area contributed by atoms with E-state index in [0.29, 0.717) is 12.5 Å². The van der Waals surface area contributed by atoms with Gasteiger partial charge in [-0.25, -0.2) is 0 Å². The number of fused-ring (bicyclic) bond motifs is 1. The van der Waals surface area contributed by atoms with Gasteiger partial charge in [0.15, 0.2) is 0 Å². The topological polar surface area (TPSA) is 55.5 Å². The van der Waals surface area contributed by atoms with Crippen molar-refractivity contribution >= 4 is 0 Å². The average molecular weight is 299 g/mol. The molecule has 1 aliphatic rings. The van der Waals surface area contributed by atoms with Crippen LogP contribution in [0, 0.1) is 12.8 Å². The fraction of sp³-hybridized carbons (Fsp3) is 0.368. The Labute approximate surface area is 132 Å². The van der Waals surface area contributed by atoms with E-state index in [1.54, 1.807) is 6.92 Å². The van der Waals surface area contributed by atoms with Crippen molar-refractivity contribution in [3.63, 3.8) is 0 Å². The summed E-state index contributed by atoms with van der Waals surface area (Å²) in [6.45, 7) is 4.67. The van der Waals surface area contributed by atoms with E-state index in [-0.39, 0.29) is 12.7 Å². The molecule has 3 heteroatoms. The SMILES string of the molecule is CCO.Cc1ccccc1OC1c2ccccc2CC1CN. The van der Waals surface area contributed by atoms with Crippen LogP contribution < -0.4 is 10.5 Å². The quantitative estimate of drug-likeness (QED) is 0.914. The summed E-state index contributed by atoms with van der Waals surface area (Å²) < 4.78 is 6.26. The van der Waals surface area contributed by atoms with Crippen molar-refractivity contribution in [2.75, 3.05) is 13.2 Å². The second-order valence-electron chi connectivity index (χ2n) is 5.52. The number of aliphatic hydroxyl groups excluding tert-OH is 1. The number of nitrogens with two attached hydrogens (primary N) is 1. The predicted octanol–water partition coefficient (Wildman–Crippen LogP) is 3.24. The molecule has 3 nitrogen and oxygen atoms in total. The van der Waals surface area contributed by atoms with Gasteiger partial charge in [0, 0.05) is 12.5 Å². The smallest absolute Gasteiger partial charge is 0.128 e. The Bertz CT molecular complexity index is 597. The zero-order valence-electron chi connectivity index (χ0n) is 13.3. The Balaban J connectivity index is 0.000000545. The van der Waals surface area contributed by atoms with Crippen LogP contribution in [0.1, 0.15) is 29.7 Å². The van der Waals surface area contributed by atoms with E-state index in [0.717, 1.165) is 12.2 Å². The maximum atomic E-state index is 7.57. The molecule has 22 heavy (non-hydrogen) atoms. The maximum Gasteiger partial charge on any atom is 0.128 e. The first-order chi connectivity index (χ1) is 10.7. The third kappa shape index (κ3) is 3.67. The highest BCUT2D eigenvalue weighted by Gasteiger charge is 2.33. The Morgan fingerprint density at radius 3 is 2.45 bits per heavy atom. The highest BCUT2D eigenvalue weighted by molar-refractivity contribution is 5.38. The van der Waals surface area contributed by atoms with Crippen molar-refractivity contribution < 1.29 is 9.84 Å². The van der Waals surface area contributed by atoms with Crippen molar-refractivity contribution in [2.24, 2.45) is 11.7 Å². The predicted molar refractivity (Wildman–Crippen MR) is 90.0 cm³/mol. The summed E-state index contributed by atoms with van der Waals surface area (Å²) in [7, 11) is 0. The standard InChI is InChI=1S/C17H19NO.C2H6O/c1-12-6-2-5-9-16(12)19-17-14(11-18)10-13-7-3-4-8-15(13)17;1-2-3/h2-9,14,17H,10-11,18H2,1H3;3H,2H2,1H3. The Morgan fingerprint density at radius 2 is 1.77 bits per heavy atom. The molecule has 3 rings (SSSR count). The first kappa shape index (κ1) is 16.5. The van der Waals surface area contributed by atoms with Crippen LogP contribution in [0.5, 0.6) is 5.75 Å². The summed E-state index contributed by atoms with van der Waals surface area (Å²) in [6, 6.07) is 16.7. The molecule has 1 aliphatic carbocycles. The lowest BCUT2D eigenvalue weighted by molar-refractivity contribution is 0.152. The first-order valence-corrected chi connectivity index (χ1v) is 7.82. The van der Waals surface area contributed by atoms with Gasteiger partial charge in [-0.1, -0.05) is 42.5 Å². The number of para-hydroxylation sites is 1. The molecule has 2 aromatic carbocycles. The van der Waals surface area contributed by atoms with E-state index in [9.17, 15) is 0 Å². The molecular weight excluding hydrogens is 274 g/mol. The lowest BCUT2D eigenvalue weighted by atomic mass is 10.0. The summed E-state index contributed by atoms with van der Waals surface area (Å²) >= 11 is 0. The van der Waals surface area contributed by atoms with Crippen LogP contribution in [0.25, 0.3) is 0 Å². The lowest BCUT2D eigenvalue weighted by Gasteiger charge is -2.22. The van der Waals surface area contributed by atoms with Crippen LogP contribution in [0.15, 0.2) is 48.5 Å². The number of aliphatic hydroxyl groups is 1. The molecule has 0 spiro atoms. The molecule has 118 valence electrons. The highest BCUT2D eigenvalue weighted by Crippen LogP contribution is 2.39. The average Bonchev–Trinajstić information content (AvgIpc) is 2.88. The van der Waals surface area contributed by atoms with Crippen molar-refractivity contribution in [2.45, 2.75) is 26.4 Å². The zero-order chi connectivity index (χ0) is 15.9. The molecule has 0 saturated heterocycles. The van der Waals surface area contributed by atoms with Gasteiger partial charge >= 0.3 is 0 Å². The van der Waals surface area contributed by atoms with E-state index >= 15 is 0 Å². The third-order valence-corrected chi connectivity index (χ3v) is 3.92. The molecule has 0 aliphatic heterocycles. The molecule has 2 aromatic rings. The molecule has 0 bridgehead atoms. The summed E-state index contributed by atoms with van der Waals surface area (Å²) in [6.07, 6.45) is 1.10. The van der Waals surface area contributed by atoms with Crippen LogP contribution in [0.2, 0.25) is 0 Å². The molecule has 0 heterocycles. The maximum absolute atomic E-state index is 7.57. The number of hydrogen-bond donors (Lipinski definition) is 2. The van der Waals surface area contributed by atoms with E-state index in [2.05, 4.69) is 37.3 Å². The number of hydrogen-bond acceptors (Lipinski definition) is 3. The minimum Gasteiger partial charge on any atom is -0.485 e. The molecule has 0 fully saturated rings. The minimum atomic E-state index is 0.0855. The van der Waals surface area contributed by atoms with Gasteiger partial charge in [-0.15, -0.1) is 0 Å². The van der Waals surface area contributed by atoms with Gasteiger partial charge in [-0.05, 0) is 49.6 Å². The van der Waals surface area contributed by atoms with Gasteiger partial charge in [0.1, 0.15) is 11.9 Å². The zero-order valence-corrected chi connectivity index (χ0v) is 13.3. The van der Waals surface area contributed by atoms with Gasteiger partial charge in [-0.2, -0.15) is 0 Å². The Morgan fingerprint density at radius 1 is 1.14 bits per heavy atom. The van der Waals surface area contributed by atoms with E-state index in [1.807, 2.05) is 18.2 Å². The lowest BCUT2D eigenvalue weighted by Crippen LogP contribution is -2.22. The van der Waals surface area contributed by atoms with Crippen LogP contribution >= 0.6 is 0 Å². The number of benzene rings is 2. The third-order valence-electron chi connectivity index (χ3n) is 3.92. The van der Waals surface area contributed by atoms with Crippen molar-refractivity contribution in [3.8, 4) is 5.75 Å². The van der Waals surface area contributed by atoms with Gasteiger partial charge in [-0.3, -0.25) is 0 Å². The molecular formula is C19H25NO2. The van der Waals surface area contributed by atoms with Crippen LogP contribution in [-0.4, -0.2) is 18.3 Å². The molecule has 0 aromatic heterocycles. The largest absolute Gasteiger partial charge is 0.485 e. The van der Waals surface area contributed by atoms with Crippen LogP contribution in [0.3, 0.4) is 0 Å². The van der Waals surface area contributed by atoms with Crippen LogP contribution in [-0.2, 0) is 6.42 Å². The Hall–Kier alpha value is -1.84. The van der Waals surface area contributed by atoms with Gasteiger partial charge < -0.3 is 15.6 Å². The normalized spacial score (nSPS) is 19.1. The molecule has 0 saturated carbocycles. The summed E-state index contributed by atoms with van der Waals surface area (Å²) in [4.78, 5) is 0. The molecule has 3 N–H and O–H groups in total. The molecule has 0 amide bonds. The summed E-state index contributed by atoms with van der Waals surface area (Å²) in [5.74, 6) is 1.33. The highest BCUT2D eigenvalue weighted by atomic mass is 16.5. The van der Waals surface area contributed by atoms with Crippen molar-refractivity contribution in [1.29, 1.82) is 0 Å². The second kappa shape index (κ2) is 7.97. The first-order valence-electron chi connectivity index (χ1n) is 7.82. The summed E-state index contributed by atoms with van der Waals surface area (Å²) in [5.41, 5.74) is 9.75. The van der Waals surface area contributed by atoms with E-state index < -0.39 is 0 Å². The van der Waals surface area contributed by atoms with Crippen molar-refractivity contribution in [3.05, 3.63) is 65.2 Å². The number of ether oxygens (including phenoxy) is 1. The second-order valence-corrected chi connectivity index (χ2v) is 5.52. The fourth-order valence-electron chi connectivity index (χ4n) is 2.83. The van der Waals surface area contributed by atoms with Gasteiger partial charge in [0.05, 0.1) is 0 Å². The minimum absolute atomic E-state index is 0.0855. The monoisotopic (exact) mass is 299 g/mol. The number of aryl methyl sites for hydroxylation is 1. The van der Waals surface area contributed by atoms with E-state index in [4.69, 9.17) is 15.6 Å². The van der Waals surface area contributed by atoms with Crippen LogP contribution in [0.4, 0.5) is 0 Å². The van der Waals surface area contributed by atoms with E-state index in [1.165, 1.54) is 16.7 Å². The number of rotatable bonds is 3.